The number of rotatable bonds is 4. The van der Waals surface area contributed by atoms with Crippen molar-refractivity contribution in [2.24, 2.45) is 5.92 Å². The summed E-state index contributed by atoms with van der Waals surface area (Å²) in [6.45, 7) is 9.31. The van der Waals surface area contributed by atoms with Crippen LogP contribution < -0.4 is 0 Å². The minimum absolute atomic E-state index is 0.0188. The van der Waals surface area contributed by atoms with Gasteiger partial charge in [0.2, 0.25) is 0 Å². The first kappa shape index (κ1) is 15.4. The third-order valence-electron chi connectivity index (χ3n) is 3.92. The Morgan fingerprint density at radius 3 is 2.85 bits per heavy atom. The summed E-state index contributed by atoms with van der Waals surface area (Å²) < 4.78 is 18.4. The fourth-order valence-electron chi connectivity index (χ4n) is 2.53. The van der Waals surface area contributed by atoms with Crippen LogP contribution in [0.4, 0.5) is 4.39 Å². The highest BCUT2D eigenvalue weighted by Crippen LogP contribution is 2.26. The van der Waals surface area contributed by atoms with Gasteiger partial charge in [0.25, 0.3) is 0 Å². The zero-order valence-corrected chi connectivity index (χ0v) is 12.3. The lowest BCUT2D eigenvalue weighted by molar-refractivity contribution is -0.0646. The van der Waals surface area contributed by atoms with Crippen LogP contribution in [0.15, 0.2) is 18.3 Å². The summed E-state index contributed by atoms with van der Waals surface area (Å²) in [7, 11) is 0. The molecule has 112 valence electrons. The van der Waals surface area contributed by atoms with Crippen molar-refractivity contribution in [3.8, 4) is 0 Å². The zero-order valence-electron chi connectivity index (χ0n) is 12.3. The first-order valence-corrected chi connectivity index (χ1v) is 7.02. The zero-order chi connectivity index (χ0) is 14.8. The molecular weight excluding hydrogens is 259 g/mol. The lowest BCUT2D eigenvalue weighted by Gasteiger charge is -2.43. The first-order chi connectivity index (χ1) is 9.40. The number of ether oxygens (including phenoxy) is 1. The van der Waals surface area contributed by atoms with Crippen molar-refractivity contribution < 1.29 is 14.2 Å². The Hall–Kier alpha value is -1.04. The van der Waals surface area contributed by atoms with E-state index in [0.29, 0.717) is 12.3 Å². The van der Waals surface area contributed by atoms with Crippen LogP contribution in [-0.4, -0.2) is 46.8 Å². The molecule has 1 fully saturated rings. The number of hydrogen-bond acceptors (Lipinski definition) is 4. The topological polar surface area (TPSA) is 45.6 Å². The summed E-state index contributed by atoms with van der Waals surface area (Å²) >= 11 is 0. The second-order valence-electron chi connectivity index (χ2n) is 6.13. The second-order valence-corrected chi connectivity index (χ2v) is 6.13. The van der Waals surface area contributed by atoms with Gasteiger partial charge >= 0.3 is 0 Å². The number of aliphatic hydroxyl groups is 1. The van der Waals surface area contributed by atoms with Gasteiger partial charge in [0.05, 0.1) is 31.2 Å². The Bertz CT molecular complexity index is 436. The van der Waals surface area contributed by atoms with E-state index in [0.717, 1.165) is 25.9 Å². The van der Waals surface area contributed by atoms with Gasteiger partial charge in [-0.05, 0) is 26.0 Å². The molecule has 1 N–H and O–H groups in total. The molecule has 0 amide bonds. The summed E-state index contributed by atoms with van der Waals surface area (Å²) in [5.41, 5.74) is 0.493. The molecule has 20 heavy (non-hydrogen) atoms. The molecule has 1 saturated heterocycles. The summed E-state index contributed by atoms with van der Waals surface area (Å²) in [4.78, 5) is 6.29. The highest BCUT2D eigenvalue weighted by atomic mass is 19.1. The Morgan fingerprint density at radius 2 is 2.25 bits per heavy atom. The van der Waals surface area contributed by atoms with Crippen LogP contribution in [0.2, 0.25) is 0 Å². The average molecular weight is 282 g/mol. The summed E-state index contributed by atoms with van der Waals surface area (Å²) in [6.07, 6.45) is 0.457. The van der Waals surface area contributed by atoms with E-state index in [1.807, 2.05) is 6.92 Å². The molecule has 2 heterocycles. The molecule has 2 unspecified atom stereocenters. The van der Waals surface area contributed by atoms with Crippen molar-refractivity contribution in [2.75, 3.05) is 26.3 Å². The smallest absolute Gasteiger partial charge is 0.141 e. The fraction of sp³-hybridized carbons (Fsp3) is 0.667. The highest BCUT2D eigenvalue weighted by molar-refractivity contribution is 5.09. The number of pyridine rings is 1. The summed E-state index contributed by atoms with van der Waals surface area (Å²) in [5.74, 6) is -0.367. The molecule has 2 rings (SSSR count). The molecule has 1 aromatic rings. The van der Waals surface area contributed by atoms with Gasteiger partial charge in [0, 0.05) is 24.5 Å². The van der Waals surface area contributed by atoms with Crippen molar-refractivity contribution in [1.82, 2.24) is 9.88 Å². The molecule has 0 aliphatic carbocycles. The largest absolute Gasteiger partial charge is 0.386 e. The highest BCUT2D eigenvalue weighted by Gasteiger charge is 2.32. The Kier molecular flexibility index (Phi) is 4.73. The quantitative estimate of drug-likeness (QED) is 0.917. The third kappa shape index (κ3) is 3.53. The van der Waals surface area contributed by atoms with E-state index in [2.05, 4.69) is 23.7 Å². The Labute approximate surface area is 119 Å². The summed E-state index contributed by atoms with van der Waals surface area (Å²) in [5, 5.41) is 10.3. The number of aromatic nitrogens is 1. The van der Waals surface area contributed by atoms with Crippen LogP contribution in [0.25, 0.3) is 0 Å². The van der Waals surface area contributed by atoms with Crippen molar-refractivity contribution in [3.63, 3.8) is 0 Å². The number of halogens is 1. The van der Waals surface area contributed by atoms with Crippen LogP contribution in [0.3, 0.4) is 0 Å². The van der Waals surface area contributed by atoms with Gasteiger partial charge in [-0.25, -0.2) is 4.39 Å². The van der Waals surface area contributed by atoms with E-state index in [1.54, 1.807) is 6.07 Å². The molecule has 0 bridgehead atoms. The maximum atomic E-state index is 12.9. The van der Waals surface area contributed by atoms with Gasteiger partial charge in [-0.1, -0.05) is 6.92 Å². The maximum absolute atomic E-state index is 12.9. The lowest BCUT2D eigenvalue weighted by atomic mass is 9.96. The van der Waals surface area contributed by atoms with E-state index >= 15 is 0 Å². The second kappa shape index (κ2) is 6.16. The monoisotopic (exact) mass is 282 g/mol. The summed E-state index contributed by atoms with van der Waals surface area (Å²) in [6, 6.07) is 2.87. The van der Waals surface area contributed by atoms with Crippen LogP contribution in [0, 0.1) is 11.7 Å². The van der Waals surface area contributed by atoms with Gasteiger partial charge in [-0.3, -0.25) is 9.88 Å². The Morgan fingerprint density at radius 1 is 1.50 bits per heavy atom. The van der Waals surface area contributed by atoms with Crippen LogP contribution in [-0.2, 0) is 4.74 Å². The molecule has 1 aliphatic heterocycles. The lowest BCUT2D eigenvalue weighted by Crippen LogP contribution is -2.54. The molecule has 0 aromatic carbocycles. The third-order valence-corrected chi connectivity index (χ3v) is 3.92. The number of nitrogens with zero attached hydrogens (tertiary/aromatic N) is 2. The first-order valence-electron chi connectivity index (χ1n) is 7.02. The standard InChI is InChI=1S/C15H23FN2O2/c1-11(9-18-6-7-20-10-15(18,2)3)14(19)13-5-4-12(16)8-17-13/h4-5,8,11,14,19H,6-7,9-10H2,1-3H3. The number of hydrogen-bond donors (Lipinski definition) is 1. The fourth-order valence-corrected chi connectivity index (χ4v) is 2.53. The van der Waals surface area contributed by atoms with Crippen LogP contribution in [0.1, 0.15) is 32.6 Å². The van der Waals surface area contributed by atoms with Gasteiger partial charge in [-0.15, -0.1) is 0 Å². The van der Waals surface area contributed by atoms with Crippen molar-refractivity contribution in [3.05, 3.63) is 29.8 Å². The molecule has 4 nitrogen and oxygen atoms in total. The van der Waals surface area contributed by atoms with Gasteiger partial charge < -0.3 is 9.84 Å². The molecule has 2 atom stereocenters. The predicted octanol–water partition coefficient (Wildman–Crippen LogP) is 2.00. The molecule has 5 heteroatoms. The Balaban J connectivity index is 2.00. The van der Waals surface area contributed by atoms with E-state index in [-0.39, 0.29) is 17.3 Å². The molecule has 1 aliphatic rings. The van der Waals surface area contributed by atoms with E-state index in [4.69, 9.17) is 4.74 Å². The van der Waals surface area contributed by atoms with E-state index in [1.165, 1.54) is 6.07 Å². The van der Waals surface area contributed by atoms with Crippen LogP contribution >= 0.6 is 0 Å². The molecular formula is C15H23FN2O2. The van der Waals surface area contributed by atoms with Crippen molar-refractivity contribution >= 4 is 0 Å². The van der Waals surface area contributed by atoms with E-state index in [9.17, 15) is 9.50 Å². The van der Waals surface area contributed by atoms with Gasteiger partial charge in [-0.2, -0.15) is 0 Å². The average Bonchev–Trinajstić information content (AvgIpc) is 2.41. The van der Waals surface area contributed by atoms with E-state index < -0.39 is 6.10 Å². The minimum Gasteiger partial charge on any atom is -0.386 e. The van der Waals surface area contributed by atoms with Gasteiger partial charge in [0.1, 0.15) is 5.82 Å². The molecule has 0 saturated carbocycles. The minimum atomic E-state index is -0.686. The SMILES string of the molecule is CC(CN1CCOCC1(C)C)C(O)c1ccc(F)cn1. The maximum Gasteiger partial charge on any atom is 0.141 e. The number of aliphatic hydroxyl groups excluding tert-OH is 1. The molecule has 0 radical (unpaired) electrons. The normalized spacial score (nSPS) is 22.4. The van der Waals surface area contributed by atoms with Crippen molar-refractivity contribution in [2.45, 2.75) is 32.4 Å². The molecule has 1 aromatic heterocycles. The number of morpholine rings is 1. The predicted molar refractivity (Wildman–Crippen MR) is 74.8 cm³/mol. The van der Waals surface area contributed by atoms with Crippen molar-refractivity contribution in [1.29, 1.82) is 0 Å². The van der Waals surface area contributed by atoms with Gasteiger partial charge in [0.15, 0.2) is 0 Å². The van der Waals surface area contributed by atoms with Crippen LogP contribution in [0.5, 0.6) is 0 Å². The molecule has 0 spiro atoms.